The molecule has 3 rings (SSSR count). The summed E-state index contributed by atoms with van der Waals surface area (Å²) in [5.41, 5.74) is 1.54. The van der Waals surface area contributed by atoms with Gasteiger partial charge in [0.05, 0.1) is 23.6 Å². The second-order valence-electron chi connectivity index (χ2n) is 7.69. The maximum absolute atomic E-state index is 13.2. The molecule has 2 aliphatic rings. The Morgan fingerprint density at radius 2 is 2.20 bits per heavy atom. The van der Waals surface area contributed by atoms with Crippen LogP contribution in [-0.2, 0) is 27.8 Å². The van der Waals surface area contributed by atoms with Gasteiger partial charge in [0.25, 0.3) is 0 Å². The highest BCUT2D eigenvalue weighted by Crippen LogP contribution is 2.41. The largest absolute Gasteiger partial charge is 0.466 e. The molecule has 1 aliphatic carbocycles. The first kappa shape index (κ1) is 18.0. The van der Waals surface area contributed by atoms with Crippen molar-refractivity contribution in [2.45, 2.75) is 52.4 Å². The molecule has 6 nitrogen and oxygen atoms in total. The first-order valence-corrected chi connectivity index (χ1v) is 9.37. The summed E-state index contributed by atoms with van der Waals surface area (Å²) < 4.78 is 7.14. The number of aryl methyl sites for hydroxylation is 2. The van der Waals surface area contributed by atoms with Crippen molar-refractivity contribution >= 4 is 11.9 Å². The fourth-order valence-electron chi connectivity index (χ4n) is 4.31. The molecule has 0 N–H and O–H groups in total. The first-order valence-electron chi connectivity index (χ1n) is 9.37. The topological polar surface area (TPSA) is 64.4 Å². The maximum atomic E-state index is 13.2. The number of aromatic nitrogens is 2. The van der Waals surface area contributed by atoms with Gasteiger partial charge in [0, 0.05) is 31.9 Å². The Bertz CT molecular complexity index is 667. The third-order valence-electron chi connectivity index (χ3n) is 5.92. The average Bonchev–Trinajstić information content (AvgIpc) is 3.17. The molecule has 1 aromatic rings. The molecule has 0 saturated carbocycles. The molecule has 138 valence electrons. The highest BCUT2D eigenvalue weighted by Gasteiger charge is 2.50. The molecule has 0 aromatic carbocycles. The lowest BCUT2D eigenvalue weighted by molar-refractivity contribution is -0.157. The van der Waals surface area contributed by atoms with Crippen LogP contribution in [-0.4, -0.2) is 46.3 Å². The van der Waals surface area contributed by atoms with Gasteiger partial charge in [-0.3, -0.25) is 14.3 Å². The number of hydrogen-bond donors (Lipinski definition) is 0. The molecule has 0 radical (unpaired) electrons. The number of amides is 1. The third-order valence-corrected chi connectivity index (χ3v) is 5.92. The summed E-state index contributed by atoms with van der Waals surface area (Å²) in [5.74, 6) is -0.000879. The summed E-state index contributed by atoms with van der Waals surface area (Å²) >= 11 is 0. The fourth-order valence-corrected chi connectivity index (χ4v) is 4.31. The quantitative estimate of drug-likeness (QED) is 0.784. The van der Waals surface area contributed by atoms with E-state index in [9.17, 15) is 9.59 Å². The Morgan fingerprint density at radius 1 is 1.44 bits per heavy atom. The van der Waals surface area contributed by atoms with E-state index in [2.05, 4.69) is 5.10 Å². The minimum absolute atomic E-state index is 0.123. The van der Waals surface area contributed by atoms with Gasteiger partial charge in [-0.25, -0.2) is 0 Å². The Balaban J connectivity index is 1.80. The number of nitrogens with zero attached hydrogens (tertiary/aromatic N) is 3. The monoisotopic (exact) mass is 347 g/mol. The Hall–Kier alpha value is -1.85. The van der Waals surface area contributed by atoms with E-state index in [0.717, 1.165) is 30.5 Å². The van der Waals surface area contributed by atoms with Crippen molar-refractivity contribution in [2.75, 3.05) is 19.7 Å². The van der Waals surface area contributed by atoms with Crippen molar-refractivity contribution in [2.24, 2.45) is 18.4 Å². The van der Waals surface area contributed by atoms with Crippen LogP contribution in [0.25, 0.3) is 0 Å². The highest BCUT2D eigenvalue weighted by atomic mass is 16.5. The van der Waals surface area contributed by atoms with Gasteiger partial charge in [0.2, 0.25) is 5.91 Å². The number of carbonyl (C=O) groups is 2. The van der Waals surface area contributed by atoms with Crippen molar-refractivity contribution in [3.8, 4) is 0 Å². The van der Waals surface area contributed by atoms with Crippen LogP contribution in [0.5, 0.6) is 0 Å². The van der Waals surface area contributed by atoms with Gasteiger partial charge in [-0.15, -0.1) is 0 Å². The van der Waals surface area contributed by atoms with E-state index in [1.165, 1.54) is 0 Å². The van der Waals surface area contributed by atoms with Gasteiger partial charge in [0.15, 0.2) is 0 Å². The van der Waals surface area contributed by atoms with Crippen molar-refractivity contribution < 1.29 is 14.3 Å². The molecule has 0 bridgehead atoms. The number of ether oxygens (including phenoxy) is 1. The molecule has 25 heavy (non-hydrogen) atoms. The van der Waals surface area contributed by atoms with E-state index in [1.54, 1.807) is 4.68 Å². The average molecular weight is 347 g/mol. The number of fused-ring (bicyclic) bond motifs is 1. The van der Waals surface area contributed by atoms with Gasteiger partial charge in [-0.1, -0.05) is 13.8 Å². The summed E-state index contributed by atoms with van der Waals surface area (Å²) in [7, 11) is 1.90. The standard InChI is InChI=1S/C19H29N3O3/c1-5-25-18(24)19(13(2)3)9-10-22(12-19)17(23)14-7-6-8-16-15(14)11-21(4)20-16/h11,13-14H,5-10,12H2,1-4H3/t14-,19-/m0/s1. The maximum Gasteiger partial charge on any atom is 0.314 e. The fraction of sp³-hybridized carbons (Fsp3) is 0.737. The zero-order valence-electron chi connectivity index (χ0n) is 15.7. The number of rotatable bonds is 4. The Morgan fingerprint density at radius 3 is 2.88 bits per heavy atom. The normalized spacial score (nSPS) is 26.0. The van der Waals surface area contributed by atoms with Crippen LogP contribution in [0.3, 0.4) is 0 Å². The van der Waals surface area contributed by atoms with Gasteiger partial charge < -0.3 is 9.64 Å². The lowest BCUT2D eigenvalue weighted by Crippen LogP contribution is -2.43. The molecular formula is C19H29N3O3. The number of esters is 1. The van der Waals surface area contributed by atoms with Crippen LogP contribution in [0.1, 0.15) is 57.2 Å². The van der Waals surface area contributed by atoms with Gasteiger partial charge in [0.1, 0.15) is 0 Å². The third kappa shape index (κ3) is 3.07. The molecule has 0 spiro atoms. The van der Waals surface area contributed by atoms with Crippen molar-refractivity contribution in [3.05, 3.63) is 17.5 Å². The molecule has 1 saturated heterocycles. The summed E-state index contributed by atoms with van der Waals surface area (Å²) in [5, 5.41) is 4.49. The predicted octanol–water partition coefficient (Wildman–Crippen LogP) is 2.28. The molecule has 6 heteroatoms. The zero-order chi connectivity index (χ0) is 18.2. The van der Waals surface area contributed by atoms with E-state index in [1.807, 2.05) is 38.9 Å². The second-order valence-corrected chi connectivity index (χ2v) is 7.69. The predicted molar refractivity (Wildman–Crippen MR) is 94.0 cm³/mol. The number of likely N-dealkylation sites (tertiary alicyclic amines) is 1. The van der Waals surface area contributed by atoms with E-state index < -0.39 is 5.41 Å². The molecule has 1 amide bonds. The number of hydrogen-bond acceptors (Lipinski definition) is 4. The van der Waals surface area contributed by atoms with Crippen LogP contribution in [0.2, 0.25) is 0 Å². The zero-order valence-corrected chi connectivity index (χ0v) is 15.7. The van der Waals surface area contributed by atoms with Crippen molar-refractivity contribution in [3.63, 3.8) is 0 Å². The van der Waals surface area contributed by atoms with E-state index >= 15 is 0 Å². The molecule has 2 atom stereocenters. The first-order chi connectivity index (χ1) is 11.9. The Labute approximate surface area is 149 Å². The van der Waals surface area contributed by atoms with Gasteiger partial charge in [-0.05, 0) is 38.5 Å². The van der Waals surface area contributed by atoms with Crippen LogP contribution in [0, 0.1) is 11.3 Å². The van der Waals surface area contributed by atoms with E-state index in [0.29, 0.717) is 26.1 Å². The summed E-state index contributed by atoms with van der Waals surface area (Å²) in [6, 6.07) is 0. The molecule has 1 fully saturated rings. The summed E-state index contributed by atoms with van der Waals surface area (Å²) in [6.45, 7) is 7.39. The van der Waals surface area contributed by atoms with Crippen LogP contribution in [0.4, 0.5) is 0 Å². The smallest absolute Gasteiger partial charge is 0.314 e. The molecule has 1 aromatic heterocycles. The lowest BCUT2D eigenvalue weighted by Gasteiger charge is -2.32. The van der Waals surface area contributed by atoms with Crippen LogP contribution in [0.15, 0.2) is 6.20 Å². The minimum atomic E-state index is -0.571. The van der Waals surface area contributed by atoms with E-state index in [4.69, 9.17) is 4.74 Å². The van der Waals surface area contributed by atoms with Gasteiger partial charge in [-0.2, -0.15) is 5.10 Å². The Kier molecular flexibility index (Phi) is 4.89. The van der Waals surface area contributed by atoms with Crippen molar-refractivity contribution in [1.29, 1.82) is 0 Å². The van der Waals surface area contributed by atoms with Crippen LogP contribution < -0.4 is 0 Å². The summed E-state index contributed by atoms with van der Waals surface area (Å²) in [4.78, 5) is 27.7. The number of carbonyl (C=O) groups excluding carboxylic acids is 2. The SMILES string of the molecule is CCOC(=O)[C@@]1(C(C)C)CCN(C(=O)[C@H]2CCCc3nn(C)cc32)C1. The van der Waals surface area contributed by atoms with Crippen molar-refractivity contribution in [1.82, 2.24) is 14.7 Å². The molecule has 1 aliphatic heterocycles. The second kappa shape index (κ2) is 6.81. The molecule has 0 unspecified atom stereocenters. The molecule has 2 heterocycles. The summed E-state index contributed by atoms with van der Waals surface area (Å²) in [6.07, 6.45) is 5.46. The van der Waals surface area contributed by atoms with Crippen LogP contribution >= 0.6 is 0 Å². The lowest BCUT2D eigenvalue weighted by atomic mass is 9.76. The minimum Gasteiger partial charge on any atom is -0.466 e. The van der Waals surface area contributed by atoms with Gasteiger partial charge >= 0.3 is 5.97 Å². The molecular weight excluding hydrogens is 318 g/mol. The van der Waals surface area contributed by atoms with E-state index in [-0.39, 0.29) is 23.7 Å². The highest BCUT2D eigenvalue weighted by molar-refractivity contribution is 5.86.